The molecule has 0 spiro atoms. The lowest BCUT2D eigenvalue weighted by atomic mass is 10.0. The second-order valence-corrected chi connectivity index (χ2v) is 3.21. The summed E-state index contributed by atoms with van der Waals surface area (Å²) >= 11 is 0. The molecule has 1 aliphatic rings. The maximum atomic E-state index is 10.7. The van der Waals surface area contributed by atoms with E-state index in [0.717, 1.165) is 23.0 Å². The molecular weight excluding hydrogens is 176 g/mol. The number of allylic oxidation sites excluding steroid dienone is 4. The highest BCUT2D eigenvalue weighted by Gasteiger charge is 2.09. The minimum Gasteiger partial charge on any atom is -0.508 e. The summed E-state index contributed by atoms with van der Waals surface area (Å²) in [5, 5.41) is 9.12. The SMILES string of the molecule is O=CC1=C(c2ccc(O)cc2)C=CC1. The summed E-state index contributed by atoms with van der Waals surface area (Å²) in [6, 6.07) is 6.86. The summed E-state index contributed by atoms with van der Waals surface area (Å²) in [6.45, 7) is 0. The number of aromatic hydroxyl groups is 1. The molecule has 1 N–H and O–H groups in total. The van der Waals surface area contributed by atoms with E-state index >= 15 is 0 Å². The maximum Gasteiger partial charge on any atom is 0.146 e. The Labute approximate surface area is 82.2 Å². The first kappa shape index (κ1) is 8.75. The van der Waals surface area contributed by atoms with Crippen molar-refractivity contribution in [1.82, 2.24) is 0 Å². The van der Waals surface area contributed by atoms with Crippen LogP contribution in [0, 0.1) is 0 Å². The van der Waals surface area contributed by atoms with Crippen LogP contribution in [0.5, 0.6) is 5.75 Å². The van der Waals surface area contributed by atoms with Crippen molar-refractivity contribution in [3.8, 4) is 5.75 Å². The first-order chi connectivity index (χ1) is 6.81. The molecule has 2 rings (SSSR count). The number of phenolic OH excluding ortho intramolecular Hbond substituents is 1. The van der Waals surface area contributed by atoms with Crippen molar-refractivity contribution < 1.29 is 9.90 Å². The number of carbonyl (C=O) groups excluding carboxylic acids is 1. The van der Waals surface area contributed by atoms with Gasteiger partial charge in [0, 0.05) is 5.57 Å². The molecule has 0 aliphatic heterocycles. The van der Waals surface area contributed by atoms with Crippen LogP contribution in [-0.2, 0) is 4.79 Å². The van der Waals surface area contributed by atoms with Crippen molar-refractivity contribution in [2.45, 2.75) is 6.42 Å². The predicted octanol–water partition coefficient (Wildman–Crippen LogP) is 2.30. The van der Waals surface area contributed by atoms with Gasteiger partial charge in [-0.05, 0) is 29.7 Å². The van der Waals surface area contributed by atoms with Gasteiger partial charge in [-0.1, -0.05) is 24.3 Å². The lowest BCUT2D eigenvalue weighted by molar-refractivity contribution is -0.104. The summed E-state index contributed by atoms with van der Waals surface area (Å²) in [5.74, 6) is 0.240. The fourth-order valence-electron chi connectivity index (χ4n) is 1.55. The van der Waals surface area contributed by atoms with Crippen LogP contribution in [0.3, 0.4) is 0 Å². The highest BCUT2D eigenvalue weighted by Crippen LogP contribution is 2.27. The van der Waals surface area contributed by atoms with Gasteiger partial charge in [-0.25, -0.2) is 0 Å². The molecule has 0 bridgehead atoms. The Balaban J connectivity index is 2.44. The van der Waals surface area contributed by atoms with Gasteiger partial charge >= 0.3 is 0 Å². The molecular formula is C12H10O2. The van der Waals surface area contributed by atoms with Crippen LogP contribution in [-0.4, -0.2) is 11.4 Å². The largest absolute Gasteiger partial charge is 0.508 e. The van der Waals surface area contributed by atoms with Crippen LogP contribution in [0.2, 0.25) is 0 Å². The molecule has 70 valence electrons. The summed E-state index contributed by atoms with van der Waals surface area (Å²) < 4.78 is 0. The molecule has 0 fully saturated rings. The molecule has 1 aromatic carbocycles. The van der Waals surface area contributed by atoms with E-state index in [4.69, 9.17) is 5.11 Å². The minimum absolute atomic E-state index is 0.240. The Hall–Kier alpha value is -1.83. The summed E-state index contributed by atoms with van der Waals surface area (Å²) in [5.41, 5.74) is 2.73. The Morgan fingerprint density at radius 3 is 2.57 bits per heavy atom. The Morgan fingerprint density at radius 2 is 1.93 bits per heavy atom. The quantitative estimate of drug-likeness (QED) is 0.719. The standard InChI is InChI=1S/C12H10O2/c13-8-10-2-1-3-12(10)9-4-6-11(14)7-5-9/h1,3-8,14H,2H2. The first-order valence-electron chi connectivity index (χ1n) is 4.45. The van der Waals surface area contributed by atoms with Gasteiger partial charge in [0.15, 0.2) is 0 Å². The number of benzene rings is 1. The van der Waals surface area contributed by atoms with Gasteiger partial charge in [0.25, 0.3) is 0 Å². The zero-order valence-electron chi connectivity index (χ0n) is 7.60. The molecule has 2 nitrogen and oxygen atoms in total. The monoisotopic (exact) mass is 186 g/mol. The van der Waals surface area contributed by atoms with E-state index in [0.29, 0.717) is 6.42 Å². The van der Waals surface area contributed by atoms with Crippen molar-refractivity contribution in [1.29, 1.82) is 0 Å². The molecule has 0 saturated carbocycles. The van der Waals surface area contributed by atoms with E-state index < -0.39 is 0 Å². The summed E-state index contributed by atoms with van der Waals surface area (Å²) in [6.07, 6.45) is 5.50. The smallest absolute Gasteiger partial charge is 0.146 e. The molecule has 14 heavy (non-hydrogen) atoms. The van der Waals surface area contributed by atoms with Crippen molar-refractivity contribution in [2.24, 2.45) is 0 Å². The molecule has 0 heterocycles. The topological polar surface area (TPSA) is 37.3 Å². The normalized spacial score (nSPS) is 14.9. The van der Waals surface area contributed by atoms with E-state index in [9.17, 15) is 4.79 Å². The molecule has 0 radical (unpaired) electrons. The van der Waals surface area contributed by atoms with Gasteiger partial charge in [-0.15, -0.1) is 0 Å². The van der Waals surface area contributed by atoms with Gasteiger partial charge in [0.2, 0.25) is 0 Å². The maximum absolute atomic E-state index is 10.7. The predicted molar refractivity (Wildman–Crippen MR) is 54.8 cm³/mol. The van der Waals surface area contributed by atoms with Crippen LogP contribution in [0.15, 0.2) is 42.0 Å². The average molecular weight is 186 g/mol. The number of phenols is 1. The number of rotatable bonds is 2. The second kappa shape index (κ2) is 3.50. The zero-order chi connectivity index (χ0) is 9.97. The van der Waals surface area contributed by atoms with E-state index in [1.807, 2.05) is 24.3 Å². The van der Waals surface area contributed by atoms with E-state index in [-0.39, 0.29) is 5.75 Å². The van der Waals surface area contributed by atoms with Crippen molar-refractivity contribution in [3.05, 3.63) is 47.6 Å². The lowest BCUT2D eigenvalue weighted by Gasteiger charge is -2.01. The van der Waals surface area contributed by atoms with Crippen LogP contribution in [0.4, 0.5) is 0 Å². The van der Waals surface area contributed by atoms with E-state index in [1.165, 1.54) is 0 Å². The highest BCUT2D eigenvalue weighted by molar-refractivity contribution is 5.94. The number of aldehydes is 1. The molecule has 0 aromatic heterocycles. The number of hydrogen-bond acceptors (Lipinski definition) is 2. The second-order valence-electron chi connectivity index (χ2n) is 3.21. The fraction of sp³-hybridized carbons (Fsp3) is 0.0833. The molecule has 2 heteroatoms. The zero-order valence-corrected chi connectivity index (χ0v) is 7.60. The highest BCUT2D eigenvalue weighted by atomic mass is 16.3. The number of hydrogen-bond donors (Lipinski definition) is 1. The van der Waals surface area contributed by atoms with Gasteiger partial charge in [-0.2, -0.15) is 0 Å². The van der Waals surface area contributed by atoms with Crippen LogP contribution < -0.4 is 0 Å². The van der Waals surface area contributed by atoms with Crippen LogP contribution >= 0.6 is 0 Å². The van der Waals surface area contributed by atoms with Gasteiger partial charge < -0.3 is 5.11 Å². The van der Waals surface area contributed by atoms with E-state index in [1.54, 1.807) is 12.1 Å². The Bertz CT molecular complexity index is 410. The van der Waals surface area contributed by atoms with Crippen LogP contribution in [0.1, 0.15) is 12.0 Å². The third kappa shape index (κ3) is 1.46. The van der Waals surface area contributed by atoms with Crippen molar-refractivity contribution in [3.63, 3.8) is 0 Å². The third-order valence-corrected chi connectivity index (χ3v) is 2.29. The van der Waals surface area contributed by atoms with Gasteiger partial charge in [-0.3, -0.25) is 4.79 Å². The van der Waals surface area contributed by atoms with Crippen molar-refractivity contribution in [2.75, 3.05) is 0 Å². The first-order valence-corrected chi connectivity index (χ1v) is 4.45. The summed E-state index contributed by atoms with van der Waals surface area (Å²) in [4.78, 5) is 10.7. The van der Waals surface area contributed by atoms with E-state index in [2.05, 4.69) is 0 Å². The fourth-order valence-corrected chi connectivity index (χ4v) is 1.55. The minimum atomic E-state index is 0.240. The van der Waals surface area contributed by atoms with Crippen molar-refractivity contribution >= 4 is 11.9 Å². The third-order valence-electron chi connectivity index (χ3n) is 2.29. The Morgan fingerprint density at radius 1 is 1.21 bits per heavy atom. The van der Waals surface area contributed by atoms with Crippen LogP contribution in [0.25, 0.3) is 5.57 Å². The molecule has 0 atom stereocenters. The van der Waals surface area contributed by atoms with Gasteiger partial charge in [0.1, 0.15) is 12.0 Å². The van der Waals surface area contributed by atoms with Gasteiger partial charge in [0.05, 0.1) is 0 Å². The Kier molecular flexibility index (Phi) is 2.19. The summed E-state index contributed by atoms with van der Waals surface area (Å²) in [7, 11) is 0. The molecule has 1 aromatic rings. The molecule has 0 saturated heterocycles. The molecule has 0 unspecified atom stereocenters. The average Bonchev–Trinajstić information content (AvgIpc) is 2.67. The molecule has 0 amide bonds. The number of carbonyl (C=O) groups is 1. The molecule has 1 aliphatic carbocycles. The lowest BCUT2D eigenvalue weighted by Crippen LogP contribution is -1.85.